The van der Waals surface area contributed by atoms with Gasteiger partial charge in [-0.2, -0.15) is 0 Å². The van der Waals surface area contributed by atoms with Crippen molar-refractivity contribution in [3.63, 3.8) is 0 Å². The summed E-state index contributed by atoms with van der Waals surface area (Å²) >= 11 is 0. The predicted molar refractivity (Wildman–Crippen MR) is 62.0 cm³/mol. The zero-order valence-corrected chi connectivity index (χ0v) is 10.5. The normalized spacial score (nSPS) is 15.5. The summed E-state index contributed by atoms with van der Waals surface area (Å²) in [5.41, 5.74) is 0. The fraction of sp³-hybridized carbons (Fsp3) is 1.00. The van der Waals surface area contributed by atoms with Gasteiger partial charge in [0.1, 0.15) is 0 Å². The van der Waals surface area contributed by atoms with Gasteiger partial charge < -0.3 is 34.8 Å². The number of hydrogen-bond acceptors (Lipinski definition) is 7. The maximum absolute atomic E-state index is 8.92. The average molecular weight is 254 g/mol. The maximum atomic E-state index is 8.92. The largest absolute Gasteiger partial charge is 0.631 e. The third-order valence-corrected chi connectivity index (χ3v) is 1.49. The third kappa shape index (κ3) is 21.6. The molecule has 104 valence electrons. The Labute approximate surface area is 102 Å². The van der Waals surface area contributed by atoms with Gasteiger partial charge in [0.05, 0.1) is 38.1 Å². The second kappa shape index (κ2) is 12.2. The number of hydrogen-bond donors (Lipinski definition) is 5. The van der Waals surface area contributed by atoms with E-state index in [1.54, 1.807) is 13.8 Å². The molecule has 0 saturated carbocycles. The highest BCUT2D eigenvalue weighted by Crippen LogP contribution is 1.97. The van der Waals surface area contributed by atoms with Gasteiger partial charge in [-0.25, -0.2) is 0 Å². The van der Waals surface area contributed by atoms with Crippen molar-refractivity contribution in [1.82, 2.24) is 0 Å². The number of aliphatic hydroxyl groups excluding tert-OH is 2. The molecule has 17 heavy (non-hydrogen) atoms. The lowest BCUT2D eigenvalue weighted by atomic mass is 10.3. The summed E-state index contributed by atoms with van der Waals surface area (Å²) in [7, 11) is -2.17. The molecule has 8 heteroatoms. The predicted octanol–water partition coefficient (Wildman–Crippen LogP) is -1.88. The summed E-state index contributed by atoms with van der Waals surface area (Å²) in [6, 6.07) is 0. The maximum Gasteiger partial charge on any atom is 0.631 e. The van der Waals surface area contributed by atoms with Crippen LogP contribution in [0.1, 0.15) is 20.8 Å². The van der Waals surface area contributed by atoms with Gasteiger partial charge in [-0.1, -0.05) is 0 Å². The molecule has 0 aliphatic rings. The van der Waals surface area contributed by atoms with Crippen molar-refractivity contribution in [2.24, 2.45) is 0 Å². The van der Waals surface area contributed by atoms with Gasteiger partial charge in [0.2, 0.25) is 0 Å². The number of aliphatic hydroxyl groups is 2. The summed E-state index contributed by atoms with van der Waals surface area (Å²) < 4.78 is 10.5. The minimum atomic E-state index is -2.17. The highest BCUT2D eigenvalue weighted by atomic mass is 16.5. The Morgan fingerprint density at radius 1 is 0.941 bits per heavy atom. The SMILES string of the molecule is CC(O)COC(C)COC(C)CO.OB(O)O. The second-order valence-corrected chi connectivity index (χ2v) is 3.67. The highest BCUT2D eigenvalue weighted by Gasteiger charge is 2.06. The number of rotatable bonds is 7. The minimum absolute atomic E-state index is 0.0170. The Kier molecular flexibility index (Phi) is 13.8. The zero-order valence-electron chi connectivity index (χ0n) is 10.5. The lowest BCUT2D eigenvalue weighted by molar-refractivity contribution is -0.0620. The van der Waals surface area contributed by atoms with E-state index >= 15 is 0 Å². The molecule has 0 heterocycles. The molecule has 0 rings (SSSR count). The van der Waals surface area contributed by atoms with Crippen molar-refractivity contribution in [2.75, 3.05) is 19.8 Å². The van der Waals surface area contributed by atoms with Gasteiger partial charge in [0, 0.05) is 0 Å². The monoisotopic (exact) mass is 254 g/mol. The van der Waals surface area contributed by atoms with E-state index in [4.69, 9.17) is 34.8 Å². The van der Waals surface area contributed by atoms with Gasteiger partial charge in [0.15, 0.2) is 0 Å². The van der Waals surface area contributed by atoms with Gasteiger partial charge in [-0.3, -0.25) is 0 Å². The van der Waals surface area contributed by atoms with Crippen molar-refractivity contribution >= 4 is 7.32 Å². The zero-order chi connectivity index (χ0) is 13.8. The van der Waals surface area contributed by atoms with Gasteiger partial charge in [-0.15, -0.1) is 0 Å². The molecular weight excluding hydrogens is 231 g/mol. The molecule has 0 aliphatic carbocycles. The van der Waals surface area contributed by atoms with Crippen LogP contribution in [0.25, 0.3) is 0 Å². The van der Waals surface area contributed by atoms with Crippen molar-refractivity contribution < 1.29 is 34.8 Å². The van der Waals surface area contributed by atoms with Crippen molar-refractivity contribution in [3.8, 4) is 0 Å². The molecule has 0 amide bonds. The quantitative estimate of drug-likeness (QED) is 0.337. The van der Waals surface area contributed by atoms with Crippen LogP contribution in [0.5, 0.6) is 0 Å². The molecule has 0 saturated heterocycles. The van der Waals surface area contributed by atoms with Crippen LogP contribution in [0, 0.1) is 0 Å². The van der Waals surface area contributed by atoms with Crippen LogP contribution in [-0.4, -0.2) is 70.7 Å². The topological polar surface area (TPSA) is 120 Å². The molecule has 5 N–H and O–H groups in total. The first kappa shape index (κ1) is 19.1. The van der Waals surface area contributed by atoms with Crippen LogP contribution in [-0.2, 0) is 9.47 Å². The molecule has 0 spiro atoms. The lowest BCUT2D eigenvalue weighted by Crippen LogP contribution is -2.24. The van der Waals surface area contributed by atoms with E-state index in [2.05, 4.69) is 0 Å². The first-order valence-corrected chi connectivity index (χ1v) is 5.35. The molecule has 0 aliphatic heterocycles. The van der Waals surface area contributed by atoms with E-state index in [1.165, 1.54) is 0 Å². The summed E-state index contributed by atoms with van der Waals surface area (Å²) in [6.45, 7) is 6.10. The van der Waals surface area contributed by atoms with Crippen LogP contribution in [0.2, 0.25) is 0 Å². The fourth-order valence-electron chi connectivity index (χ4n) is 0.704. The molecule has 0 aromatic carbocycles. The molecular formula is C9H23BO7. The summed E-state index contributed by atoms with van der Waals surface area (Å²) in [5.74, 6) is 0. The third-order valence-electron chi connectivity index (χ3n) is 1.49. The molecule has 3 unspecified atom stereocenters. The molecule has 0 fully saturated rings. The standard InChI is InChI=1S/C9H20O4.BH3O3/c1-7(11)5-12-9(3)6-13-8(2)4-10;2-1(3)4/h7-11H,4-6H2,1-3H3;2-4H. The van der Waals surface area contributed by atoms with Crippen LogP contribution >= 0.6 is 0 Å². The Hall–Kier alpha value is -0.215. The minimum Gasteiger partial charge on any atom is -0.402 e. The first-order valence-electron chi connectivity index (χ1n) is 5.35. The Bertz CT molecular complexity index is 154. The summed E-state index contributed by atoms with van der Waals surface area (Å²) in [6.07, 6.45) is -0.654. The summed E-state index contributed by atoms with van der Waals surface area (Å²) in [5, 5.41) is 39.1. The molecule has 7 nitrogen and oxygen atoms in total. The van der Waals surface area contributed by atoms with E-state index in [0.717, 1.165) is 0 Å². The highest BCUT2D eigenvalue weighted by molar-refractivity contribution is 6.30. The van der Waals surface area contributed by atoms with Crippen LogP contribution in [0.4, 0.5) is 0 Å². The van der Waals surface area contributed by atoms with Crippen LogP contribution in [0.15, 0.2) is 0 Å². The van der Waals surface area contributed by atoms with Crippen molar-refractivity contribution in [3.05, 3.63) is 0 Å². The van der Waals surface area contributed by atoms with E-state index in [1.807, 2.05) is 6.92 Å². The molecule has 0 radical (unpaired) electrons. The Morgan fingerprint density at radius 2 is 1.35 bits per heavy atom. The van der Waals surface area contributed by atoms with E-state index in [-0.39, 0.29) is 18.8 Å². The van der Waals surface area contributed by atoms with Crippen molar-refractivity contribution in [2.45, 2.75) is 39.1 Å². The Balaban J connectivity index is 0. The molecule has 0 bridgehead atoms. The van der Waals surface area contributed by atoms with Gasteiger partial charge in [-0.05, 0) is 20.8 Å². The second-order valence-electron chi connectivity index (χ2n) is 3.67. The smallest absolute Gasteiger partial charge is 0.402 e. The van der Waals surface area contributed by atoms with Gasteiger partial charge >= 0.3 is 7.32 Å². The Morgan fingerprint density at radius 3 is 1.71 bits per heavy atom. The van der Waals surface area contributed by atoms with Crippen LogP contribution < -0.4 is 0 Å². The first-order chi connectivity index (χ1) is 7.79. The molecule has 0 aromatic heterocycles. The van der Waals surface area contributed by atoms with E-state index in [0.29, 0.717) is 13.2 Å². The van der Waals surface area contributed by atoms with Crippen molar-refractivity contribution in [1.29, 1.82) is 0 Å². The van der Waals surface area contributed by atoms with Gasteiger partial charge in [0.25, 0.3) is 0 Å². The molecule has 3 atom stereocenters. The van der Waals surface area contributed by atoms with Crippen LogP contribution in [0.3, 0.4) is 0 Å². The number of ether oxygens (including phenoxy) is 2. The van der Waals surface area contributed by atoms with E-state index < -0.39 is 13.4 Å². The molecule has 0 aromatic rings. The average Bonchev–Trinajstić information content (AvgIpc) is 2.22. The summed E-state index contributed by atoms with van der Waals surface area (Å²) in [4.78, 5) is 0. The lowest BCUT2D eigenvalue weighted by Gasteiger charge is -2.16. The fourth-order valence-corrected chi connectivity index (χ4v) is 0.704. The van der Waals surface area contributed by atoms with E-state index in [9.17, 15) is 0 Å².